The molecule has 0 saturated carbocycles. The van der Waals surface area contributed by atoms with Crippen molar-refractivity contribution in [2.45, 2.75) is 38.5 Å². The topological polar surface area (TPSA) is 32.3 Å². The summed E-state index contributed by atoms with van der Waals surface area (Å²) in [5, 5.41) is 9.16. The smallest absolute Gasteiger partial charge is 0.0972 e. The molecule has 0 spiro atoms. The van der Waals surface area contributed by atoms with E-state index in [1.54, 1.807) is 0 Å². The molecule has 10 aromatic carbocycles. The molecule has 0 atom stereocenters. The molecule has 4 nitrogen and oxygen atoms in total. The van der Waals surface area contributed by atoms with Crippen LogP contribution in [0.4, 0.5) is 34.1 Å². The molecule has 2 aromatic heterocycles. The number of hydrogen-bond donors (Lipinski definition) is 0. The lowest BCUT2D eigenvalue weighted by Crippen LogP contribution is -2.30. The van der Waals surface area contributed by atoms with Crippen LogP contribution in [0.15, 0.2) is 219 Å². The second kappa shape index (κ2) is 14.9. The van der Waals surface area contributed by atoms with Crippen LogP contribution in [0.1, 0.15) is 49.9 Å². The molecular weight excluding hydrogens is 849 g/mol. The number of fused-ring (bicyclic) bond motifs is 10. The van der Waals surface area contributed by atoms with Crippen molar-refractivity contribution in [3.05, 3.63) is 241 Å². The molecule has 0 radical (unpaired) electrons. The van der Waals surface area contributed by atoms with E-state index in [1.807, 2.05) is 12.3 Å². The molecule has 0 N–H and O–H groups in total. The zero-order valence-corrected chi connectivity index (χ0v) is 39.6. The Bertz CT molecular complexity index is 4060. The standard InChI is InChI=1S/C66H48N4/c1-65(2)52-19-7-11-23-57(52)69(58-24-12-8-20-53(58)65)46-33-35-49-50(39-46)61(45-30-27-41-16-5-6-17-44(41)38-45)48-34-32-47(70-59-25-13-9-21-54(59)66(3,4)55-22-10-14-26-60(55)70)40-51(48)62(49)56-36-31-43-29-28-42-18-15-37-67-63(42)64(43)68-56/h5-40H,1-4H3. The van der Waals surface area contributed by atoms with E-state index < -0.39 is 0 Å². The van der Waals surface area contributed by atoms with Crippen molar-refractivity contribution in [1.29, 1.82) is 0 Å². The number of nitrogens with zero attached hydrogens (tertiary/aromatic N) is 4. The summed E-state index contributed by atoms with van der Waals surface area (Å²) >= 11 is 0. The highest BCUT2D eigenvalue weighted by Gasteiger charge is 2.38. The van der Waals surface area contributed by atoms with E-state index in [0.717, 1.165) is 66.0 Å². The molecule has 332 valence electrons. The summed E-state index contributed by atoms with van der Waals surface area (Å²) in [6, 6.07) is 78.5. The van der Waals surface area contributed by atoms with Gasteiger partial charge in [-0.05, 0) is 132 Å². The lowest BCUT2D eigenvalue weighted by Gasteiger charge is -2.42. The van der Waals surface area contributed by atoms with Crippen molar-refractivity contribution in [2.24, 2.45) is 0 Å². The van der Waals surface area contributed by atoms with Crippen molar-refractivity contribution in [2.75, 3.05) is 9.80 Å². The molecule has 14 rings (SSSR count). The Labute approximate surface area is 407 Å². The van der Waals surface area contributed by atoms with E-state index in [2.05, 4.69) is 244 Å². The zero-order chi connectivity index (χ0) is 46.9. The van der Waals surface area contributed by atoms with Crippen LogP contribution in [0.2, 0.25) is 0 Å². The molecule has 0 fully saturated rings. The van der Waals surface area contributed by atoms with Crippen LogP contribution in [-0.4, -0.2) is 9.97 Å². The lowest BCUT2D eigenvalue weighted by atomic mass is 9.73. The predicted molar refractivity (Wildman–Crippen MR) is 294 cm³/mol. The second-order valence-electron chi connectivity index (χ2n) is 20.2. The van der Waals surface area contributed by atoms with Gasteiger partial charge in [0.2, 0.25) is 0 Å². The first-order chi connectivity index (χ1) is 34.2. The van der Waals surface area contributed by atoms with E-state index in [-0.39, 0.29) is 10.8 Å². The normalized spacial score (nSPS) is 14.5. The van der Waals surface area contributed by atoms with Crippen LogP contribution in [0, 0.1) is 0 Å². The molecule has 4 heteroatoms. The van der Waals surface area contributed by atoms with Crippen LogP contribution in [0.5, 0.6) is 0 Å². The molecule has 0 aliphatic carbocycles. The van der Waals surface area contributed by atoms with Crippen LogP contribution >= 0.6 is 0 Å². The molecule has 4 heterocycles. The second-order valence-corrected chi connectivity index (χ2v) is 20.2. The largest absolute Gasteiger partial charge is 0.310 e. The van der Waals surface area contributed by atoms with E-state index in [4.69, 9.17) is 9.97 Å². The highest BCUT2D eigenvalue weighted by atomic mass is 15.2. The minimum atomic E-state index is -0.181. The average molecular weight is 897 g/mol. The van der Waals surface area contributed by atoms with Gasteiger partial charge in [0.25, 0.3) is 0 Å². The molecular formula is C66H48N4. The van der Waals surface area contributed by atoms with Crippen molar-refractivity contribution in [3.8, 4) is 22.4 Å². The first-order valence-corrected chi connectivity index (χ1v) is 24.4. The summed E-state index contributed by atoms with van der Waals surface area (Å²) in [4.78, 5) is 15.5. The summed E-state index contributed by atoms with van der Waals surface area (Å²) < 4.78 is 0. The fourth-order valence-corrected chi connectivity index (χ4v) is 12.2. The SMILES string of the molecule is CC1(C)c2ccccc2N(c2ccc3c(-c4ccc5ccc6cccnc6c5n4)c4cc(N5c6ccccc6C(C)(C)c6ccccc65)ccc4c(-c4ccc5ccccc5c4)c3c2)c2ccccc21. The van der Waals surface area contributed by atoms with Crippen LogP contribution in [0.25, 0.3) is 76.5 Å². The van der Waals surface area contributed by atoms with Gasteiger partial charge < -0.3 is 9.80 Å². The van der Waals surface area contributed by atoms with Gasteiger partial charge in [0.05, 0.1) is 39.5 Å². The highest BCUT2D eigenvalue weighted by molar-refractivity contribution is 6.23. The molecule has 2 aliphatic rings. The van der Waals surface area contributed by atoms with Crippen molar-refractivity contribution in [1.82, 2.24) is 9.97 Å². The Morgan fingerprint density at radius 3 is 1.36 bits per heavy atom. The van der Waals surface area contributed by atoms with E-state index >= 15 is 0 Å². The summed E-state index contributed by atoms with van der Waals surface area (Å²) in [6.07, 6.45) is 1.88. The van der Waals surface area contributed by atoms with Gasteiger partial charge in [-0.3, -0.25) is 4.98 Å². The van der Waals surface area contributed by atoms with Gasteiger partial charge in [0, 0.05) is 44.7 Å². The number of rotatable bonds is 4. The monoisotopic (exact) mass is 896 g/mol. The van der Waals surface area contributed by atoms with E-state index in [0.29, 0.717) is 0 Å². The maximum absolute atomic E-state index is 5.65. The van der Waals surface area contributed by atoms with Gasteiger partial charge in [0.1, 0.15) is 0 Å². The minimum absolute atomic E-state index is 0.177. The third-order valence-corrected chi connectivity index (χ3v) is 15.6. The molecule has 0 unspecified atom stereocenters. The Hall–Kier alpha value is -8.60. The Morgan fingerprint density at radius 1 is 0.343 bits per heavy atom. The fourth-order valence-electron chi connectivity index (χ4n) is 12.2. The number of para-hydroxylation sites is 4. The highest BCUT2D eigenvalue weighted by Crippen LogP contribution is 2.55. The lowest BCUT2D eigenvalue weighted by molar-refractivity contribution is 0.632. The van der Waals surface area contributed by atoms with Crippen LogP contribution in [0.3, 0.4) is 0 Å². The Balaban J connectivity index is 1.12. The third-order valence-electron chi connectivity index (χ3n) is 15.6. The first kappa shape index (κ1) is 40.5. The summed E-state index contributed by atoms with van der Waals surface area (Å²) in [6.45, 7) is 9.40. The van der Waals surface area contributed by atoms with Gasteiger partial charge in [-0.1, -0.05) is 173 Å². The Morgan fingerprint density at radius 2 is 0.786 bits per heavy atom. The Kier molecular flexibility index (Phi) is 8.64. The number of anilines is 6. The fraction of sp³-hybridized carbons (Fsp3) is 0.0909. The number of benzene rings is 10. The maximum atomic E-state index is 5.65. The van der Waals surface area contributed by atoms with Crippen molar-refractivity contribution >= 4 is 88.2 Å². The predicted octanol–water partition coefficient (Wildman–Crippen LogP) is 17.8. The molecule has 0 bridgehead atoms. The van der Waals surface area contributed by atoms with Gasteiger partial charge >= 0.3 is 0 Å². The molecule has 12 aromatic rings. The summed E-state index contributed by atoms with van der Waals surface area (Å²) in [5.41, 5.74) is 18.0. The van der Waals surface area contributed by atoms with E-state index in [9.17, 15) is 0 Å². The molecule has 0 saturated heterocycles. The van der Waals surface area contributed by atoms with E-state index in [1.165, 1.54) is 66.9 Å². The van der Waals surface area contributed by atoms with Crippen LogP contribution < -0.4 is 9.80 Å². The quantitative estimate of drug-likeness (QED) is 0.130. The molecule has 70 heavy (non-hydrogen) atoms. The first-order valence-electron chi connectivity index (χ1n) is 24.4. The number of aromatic nitrogens is 2. The molecule has 0 amide bonds. The van der Waals surface area contributed by atoms with Crippen molar-refractivity contribution < 1.29 is 0 Å². The summed E-state index contributed by atoms with van der Waals surface area (Å²) in [5.74, 6) is 0. The molecule has 2 aliphatic heterocycles. The third kappa shape index (κ3) is 5.83. The number of pyridine rings is 2. The maximum Gasteiger partial charge on any atom is 0.0972 e. The number of hydrogen-bond acceptors (Lipinski definition) is 4. The minimum Gasteiger partial charge on any atom is -0.310 e. The van der Waals surface area contributed by atoms with Gasteiger partial charge in [-0.15, -0.1) is 0 Å². The van der Waals surface area contributed by atoms with Gasteiger partial charge in [-0.2, -0.15) is 0 Å². The average Bonchev–Trinajstić information content (AvgIpc) is 3.40. The zero-order valence-electron chi connectivity index (χ0n) is 39.6. The van der Waals surface area contributed by atoms with Crippen molar-refractivity contribution in [3.63, 3.8) is 0 Å². The van der Waals surface area contributed by atoms with Gasteiger partial charge in [-0.25, -0.2) is 4.98 Å². The summed E-state index contributed by atoms with van der Waals surface area (Å²) in [7, 11) is 0. The van der Waals surface area contributed by atoms with Gasteiger partial charge in [0.15, 0.2) is 0 Å². The van der Waals surface area contributed by atoms with Crippen LogP contribution in [-0.2, 0) is 10.8 Å².